The Kier molecular flexibility index (Phi) is 9.32. The Labute approximate surface area is 239 Å². The summed E-state index contributed by atoms with van der Waals surface area (Å²) in [6.45, 7) is 5.92. The number of hydrogen-bond donors (Lipinski definition) is 0. The van der Waals surface area contributed by atoms with E-state index in [0.717, 1.165) is 36.6 Å². The summed E-state index contributed by atoms with van der Waals surface area (Å²) in [5, 5.41) is 1.77. The lowest BCUT2D eigenvalue weighted by molar-refractivity contribution is -0.150. The van der Waals surface area contributed by atoms with Crippen molar-refractivity contribution < 1.29 is 28.6 Å². The average molecular weight is 646 g/mol. The summed E-state index contributed by atoms with van der Waals surface area (Å²) >= 11 is 2.98. The molecule has 1 saturated heterocycles. The maximum absolute atomic E-state index is 12.9. The van der Waals surface area contributed by atoms with Crippen molar-refractivity contribution in [3.63, 3.8) is 0 Å². The molecule has 1 fully saturated rings. The molecule has 1 aliphatic heterocycles. The summed E-state index contributed by atoms with van der Waals surface area (Å²) in [7, 11) is 0. The largest absolute Gasteiger partial charge is 0.490 e. The summed E-state index contributed by atoms with van der Waals surface area (Å²) in [5.41, 5.74) is 1.74. The molecule has 1 atom stereocenters. The van der Waals surface area contributed by atoms with Crippen molar-refractivity contribution in [2.45, 2.75) is 39.9 Å². The number of carbonyl (C=O) groups excluding carboxylic acids is 3. The van der Waals surface area contributed by atoms with Crippen molar-refractivity contribution in [1.29, 1.82) is 0 Å². The summed E-state index contributed by atoms with van der Waals surface area (Å²) < 4.78 is 18.1. The first-order valence-corrected chi connectivity index (χ1v) is 14.2. The zero-order valence-electron chi connectivity index (χ0n) is 21.4. The zero-order chi connectivity index (χ0) is 27.2. The Morgan fingerprint density at radius 1 is 1.08 bits per heavy atom. The Balaban J connectivity index is 1.54. The van der Waals surface area contributed by atoms with Crippen molar-refractivity contribution in [3.05, 3.63) is 74.2 Å². The Hall–Kier alpha value is -3.05. The number of ether oxygens (including phenoxy) is 3. The summed E-state index contributed by atoms with van der Waals surface area (Å²) in [6, 6.07) is 17.9. The van der Waals surface area contributed by atoms with E-state index in [4.69, 9.17) is 14.2 Å². The predicted molar refractivity (Wildman–Crippen MR) is 157 cm³/mol. The lowest BCUT2D eigenvalue weighted by atomic mass is 10.1. The molecule has 0 bridgehead atoms. The van der Waals surface area contributed by atoms with Gasteiger partial charge in [0.25, 0.3) is 11.1 Å². The van der Waals surface area contributed by atoms with Gasteiger partial charge in [-0.25, -0.2) is 0 Å². The van der Waals surface area contributed by atoms with Gasteiger partial charge < -0.3 is 14.2 Å². The number of hydrogen-bond acceptors (Lipinski definition) is 7. The number of amides is 2. The van der Waals surface area contributed by atoms with Crippen LogP contribution in [0.15, 0.2) is 59.5 Å². The standard InChI is InChI=1S/C29H28INO6S/c1-4-18(3)37-26(32)16-31-28(33)25(38-29(31)34)15-19-13-23(30)27(24(14-19)35-5-2)36-17-21-11-8-10-20-9-6-7-12-22(20)21/h6-15,18H,4-5,16-17H2,1-3H3/b25-15+/t18-/m1/s1. The number of carbonyl (C=O) groups is 3. The van der Waals surface area contributed by atoms with Crippen LogP contribution in [0, 0.1) is 3.57 Å². The third-order valence-corrected chi connectivity index (χ3v) is 7.66. The second-order valence-corrected chi connectivity index (χ2v) is 10.8. The minimum atomic E-state index is -0.608. The monoisotopic (exact) mass is 645 g/mol. The number of rotatable bonds is 10. The van der Waals surface area contributed by atoms with Crippen molar-refractivity contribution in [2.24, 2.45) is 0 Å². The van der Waals surface area contributed by atoms with Crippen LogP contribution in [0.4, 0.5) is 4.79 Å². The molecule has 0 spiro atoms. The fraction of sp³-hybridized carbons (Fsp3) is 0.276. The van der Waals surface area contributed by atoms with Gasteiger partial charge in [0.1, 0.15) is 13.2 Å². The molecule has 0 unspecified atom stereocenters. The van der Waals surface area contributed by atoms with Crippen LogP contribution < -0.4 is 9.47 Å². The predicted octanol–water partition coefficient (Wildman–Crippen LogP) is 6.80. The molecule has 1 aliphatic rings. The molecule has 2 amide bonds. The molecular formula is C29H28INO6S. The Morgan fingerprint density at radius 3 is 2.61 bits per heavy atom. The summed E-state index contributed by atoms with van der Waals surface area (Å²) in [6.07, 6.45) is 2.00. The van der Waals surface area contributed by atoms with E-state index in [1.54, 1.807) is 19.1 Å². The highest BCUT2D eigenvalue weighted by atomic mass is 127. The first-order chi connectivity index (χ1) is 18.3. The van der Waals surface area contributed by atoms with E-state index in [1.165, 1.54) is 0 Å². The second-order valence-electron chi connectivity index (χ2n) is 8.67. The van der Waals surface area contributed by atoms with Gasteiger partial charge in [-0.15, -0.1) is 0 Å². The van der Waals surface area contributed by atoms with Gasteiger partial charge in [-0.05, 0) is 94.7 Å². The Morgan fingerprint density at radius 2 is 1.84 bits per heavy atom. The Bertz CT molecular complexity index is 1400. The van der Waals surface area contributed by atoms with E-state index in [-0.39, 0.29) is 11.0 Å². The van der Waals surface area contributed by atoms with Gasteiger partial charge >= 0.3 is 5.97 Å². The number of thioether (sulfide) groups is 1. The molecule has 0 radical (unpaired) electrons. The van der Waals surface area contributed by atoms with E-state index < -0.39 is 23.7 Å². The fourth-order valence-electron chi connectivity index (χ4n) is 3.90. The molecule has 1 heterocycles. The average Bonchev–Trinajstić information content (AvgIpc) is 3.15. The van der Waals surface area contributed by atoms with E-state index in [0.29, 0.717) is 36.7 Å². The van der Waals surface area contributed by atoms with E-state index in [2.05, 4.69) is 40.8 Å². The first kappa shape index (κ1) is 28.0. The van der Waals surface area contributed by atoms with E-state index >= 15 is 0 Å². The van der Waals surface area contributed by atoms with Crippen molar-refractivity contribution in [1.82, 2.24) is 4.90 Å². The molecule has 9 heteroatoms. The van der Waals surface area contributed by atoms with Gasteiger partial charge in [-0.1, -0.05) is 49.4 Å². The number of benzene rings is 3. The molecule has 7 nitrogen and oxygen atoms in total. The number of halogens is 1. The molecule has 198 valence electrons. The molecular weight excluding hydrogens is 617 g/mol. The van der Waals surface area contributed by atoms with Crippen LogP contribution in [-0.2, 0) is 20.9 Å². The first-order valence-electron chi connectivity index (χ1n) is 12.3. The minimum Gasteiger partial charge on any atom is -0.490 e. The van der Waals surface area contributed by atoms with Crippen LogP contribution in [0.2, 0.25) is 0 Å². The smallest absolute Gasteiger partial charge is 0.326 e. The molecule has 0 saturated carbocycles. The SMILES string of the molecule is CCOc1cc(/C=C2/SC(=O)N(CC(=O)O[C@H](C)CC)C2=O)cc(I)c1OCc1cccc2ccccc12. The van der Waals surface area contributed by atoms with Gasteiger partial charge in [0, 0.05) is 0 Å². The molecule has 0 aliphatic carbocycles. The molecule has 0 aromatic heterocycles. The molecule has 0 N–H and O–H groups in total. The van der Waals surface area contributed by atoms with Crippen LogP contribution in [0.5, 0.6) is 11.5 Å². The van der Waals surface area contributed by atoms with Gasteiger partial charge in [0.05, 0.1) is 21.2 Å². The highest BCUT2D eigenvalue weighted by Crippen LogP contribution is 2.38. The molecule has 3 aromatic carbocycles. The van der Waals surface area contributed by atoms with Crippen molar-refractivity contribution in [2.75, 3.05) is 13.2 Å². The number of imide groups is 1. The topological polar surface area (TPSA) is 82.1 Å². The highest BCUT2D eigenvalue weighted by Gasteiger charge is 2.37. The quantitative estimate of drug-likeness (QED) is 0.136. The van der Waals surface area contributed by atoms with Crippen LogP contribution in [0.3, 0.4) is 0 Å². The van der Waals surface area contributed by atoms with Crippen molar-refractivity contribution in [3.8, 4) is 11.5 Å². The third-order valence-electron chi connectivity index (χ3n) is 5.95. The van der Waals surface area contributed by atoms with Gasteiger partial charge in [-0.2, -0.15) is 0 Å². The number of fused-ring (bicyclic) bond motifs is 1. The number of nitrogens with zero attached hydrogens (tertiary/aromatic N) is 1. The summed E-state index contributed by atoms with van der Waals surface area (Å²) in [4.78, 5) is 38.6. The van der Waals surface area contributed by atoms with Gasteiger partial charge in [0.2, 0.25) is 0 Å². The minimum absolute atomic E-state index is 0.231. The summed E-state index contributed by atoms with van der Waals surface area (Å²) in [5.74, 6) is 0.0230. The van der Waals surface area contributed by atoms with Crippen molar-refractivity contribution >= 4 is 68.3 Å². The second kappa shape index (κ2) is 12.7. The van der Waals surface area contributed by atoms with Crippen LogP contribution >= 0.6 is 34.4 Å². The van der Waals surface area contributed by atoms with Crippen LogP contribution in [0.1, 0.15) is 38.3 Å². The number of esters is 1. The molecule has 4 rings (SSSR count). The zero-order valence-corrected chi connectivity index (χ0v) is 24.3. The van der Waals surface area contributed by atoms with Crippen LogP contribution in [-0.4, -0.2) is 41.3 Å². The lowest BCUT2D eigenvalue weighted by Crippen LogP contribution is -2.35. The van der Waals surface area contributed by atoms with E-state index in [1.807, 2.05) is 44.2 Å². The van der Waals surface area contributed by atoms with E-state index in [9.17, 15) is 14.4 Å². The maximum atomic E-state index is 12.9. The van der Waals surface area contributed by atoms with Gasteiger partial charge in [0.15, 0.2) is 11.5 Å². The fourth-order valence-corrected chi connectivity index (χ4v) is 5.52. The lowest BCUT2D eigenvalue weighted by Gasteiger charge is -2.16. The molecule has 38 heavy (non-hydrogen) atoms. The third kappa shape index (κ3) is 6.50. The van der Waals surface area contributed by atoms with Gasteiger partial charge in [-0.3, -0.25) is 19.3 Å². The van der Waals surface area contributed by atoms with Crippen LogP contribution in [0.25, 0.3) is 16.8 Å². The maximum Gasteiger partial charge on any atom is 0.326 e. The highest BCUT2D eigenvalue weighted by molar-refractivity contribution is 14.1. The normalized spacial score (nSPS) is 15.3. The molecule has 3 aromatic rings.